The molecular weight excluding hydrogens is 478 g/mol. The maximum atomic E-state index is 13.3. The molecule has 0 fully saturated rings. The lowest BCUT2D eigenvalue weighted by molar-refractivity contribution is 0.0953. The zero-order valence-corrected chi connectivity index (χ0v) is 21.2. The van der Waals surface area contributed by atoms with Crippen molar-refractivity contribution in [2.24, 2.45) is 5.10 Å². The molecule has 0 spiro atoms. The van der Waals surface area contributed by atoms with Gasteiger partial charge < -0.3 is 14.3 Å². The normalized spacial score (nSPS) is 14.1. The minimum absolute atomic E-state index is 0.265. The van der Waals surface area contributed by atoms with Crippen LogP contribution in [-0.2, 0) is 13.0 Å². The van der Waals surface area contributed by atoms with Gasteiger partial charge in [-0.2, -0.15) is 5.10 Å². The average molecular weight is 506 g/mol. The van der Waals surface area contributed by atoms with Gasteiger partial charge in [-0.05, 0) is 63.1 Å². The zero-order valence-electron chi connectivity index (χ0n) is 21.2. The number of fused-ring (bicyclic) bond motifs is 4. The van der Waals surface area contributed by atoms with Gasteiger partial charge in [0.1, 0.15) is 5.76 Å². The number of rotatable bonds is 5. The van der Waals surface area contributed by atoms with E-state index in [1.165, 1.54) is 5.52 Å². The summed E-state index contributed by atoms with van der Waals surface area (Å²) in [5, 5.41) is 9.66. The summed E-state index contributed by atoms with van der Waals surface area (Å²) in [4.78, 5) is 29.7. The summed E-state index contributed by atoms with van der Waals surface area (Å²) in [6, 6.07) is 17.5. The van der Waals surface area contributed by atoms with E-state index in [9.17, 15) is 9.59 Å². The predicted octanol–water partition coefficient (Wildman–Crippen LogP) is 5.83. The van der Waals surface area contributed by atoms with Gasteiger partial charge in [0, 0.05) is 69.5 Å². The molecule has 38 heavy (non-hydrogen) atoms. The van der Waals surface area contributed by atoms with Crippen molar-refractivity contribution >= 4 is 45.0 Å². The molecule has 190 valence electrons. The Morgan fingerprint density at radius 1 is 1.00 bits per heavy atom. The monoisotopic (exact) mass is 505 g/mol. The third-order valence-corrected chi connectivity index (χ3v) is 7.11. The molecule has 0 saturated carbocycles. The maximum absolute atomic E-state index is 13.3. The molecular formula is C30H27N5O3. The Labute approximate surface area is 219 Å². The number of amides is 2. The summed E-state index contributed by atoms with van der Waals surface area (Å²) in [6.07, 6.45) is 5.34. The second-order valence-electron chi connectivity index (χ2n) is 9.39. The van der Waals surface area contributed by atoms with Gasteiger partial charge in [-0.15, -0.1) is 0 Å². The van der Waals surface area contributed by atoms with Gasteiger partial charge in [0.05, 0.1) is 5.71 Å². The Morgan fingerprint density at radius 2 is 1.79 bits per heavy atom. The van der Waals surface area contributed by atoms with Crippen molar-refractivity contribution in [1.29, 1.82) is 0 Å². The number of aromatic nitrogens is 2. The van der Waals surface area contributed by atoms with Crippen LogP contribution in [0.4, 0.5) is 5.69 Å². The van der Waals surface area contributed by atoms with E-state index in [0.29, 0.717) is 29.8 Å². The first-order valence-electron chi connectivity index (χ1n) is 12.8. The predicted molar refractivity (Wildman–Crippen MR) is 148 cm³/mol. The third kappa shape index (κ3) is 4.04. The molecule has 0 saturated heterocycles. The van der Waals surface area contributed by atoms with Crippen molar-refractivity contribution < 1.29 is 14.0 Å². The van der Waals surface area contributed by atoms with Gasteiger partial charge in [-0.25, -0.2) is 5.43 Å². The number of carbonyl (C=O) groups is 2. The number of pyridine rings is 1. The first kappa shape index (κ1) is 23.7. The smallest absolute Gasteiger partial charge is 0.291 e. The number of furan rings is 1. The molecule has 2 amide bonds. The van der Waals surface area contributed by atoms with Crippen molar-refractivity contribution in [2.45, 2.75) is 39.7 Å². The van der Waals surface area contributed by atoms with Crippen LogP contribution in [0.15, 0.2) is 76.5 Å². The standard InChI is InChI=1S/C30H27N5O3/c1-3-35-24-9-5-4-7-21(24)22-17-20(11-12-25(22)35)32-30(37)28-18(2)27-23(8-6-10-26(27)38-28)33-34-29(36)19-13-15-31-16-14-19/h4-5,7,9,11-17H,3,6,8,10H2,1-2H3,(H,32,37)(H,34,36)/b33-23+. The van der Waals surface area contributed by atoms with E-state index >= 15 is 0 Å². The second kappa shape index (κ2) is 9.63. The van der Waals surface area contributed by atoms with E-state index in [1.807, 2.05) is 37.3 Å². The molecule has 6 rings (SSSR count). The molecule has 2 N–H and O–H groups in total. The summed E-state index contributed by atoms with van der Waals surface area (Å²) >= 11 is 0. The topological polar surface area (TPSA) is 102 Å². The molecule has 5 aromatic rings. The summed E-state index contributed by atoms with van der Waals surface area (Å²) in [7, 11) is 0. The fourth-order valence-corrected chi connectivity index (χ4v) is 5.34. The minimum atomic E-state index is -0.314. The van der Waals surface area contributed by atoms with Gasteiger partial charge in [-0.1, -0.05) is 18.2 Å². The second-order valence-corrected chi connectivity index (χ2v) is 9.39. The molecule has 3 aromatic heterocycles. The summed E-state index contributed by atoms with van der Waals surface area (Å²) in [5.74, 6) is 0.361. The molecule has 2 aromatic carbocycles. The van der Waals surface area contributed by atoms with Gasteiger partial charge >= 0.3 is 0 Å². The van der Waals surface area contributed by atoms with Crippen LogP contribution in [0.3, 0.4) is 0 Å². The Balaban J connectivity index is 1.28. The Morgan fingerprint density at radius 3 is 2.61 bits per heavy atom. The van der Waals surface area contributed by atoms with E-state index in [1.54, 1.807) is 24.5 Å². The SMILES string of the molecule is CCn1c2ccccc2c2cc(NC(=O)c3oc4c(c3C)/C(=N/NC(=O)c3ccncc3)CCC4)ccc21. The van der Waals surface area contributed by atoms with Crippen molar-refractivity contribution in [1.82, 2.24) is 15.0 Å². The minimum Gasteiger partial charge on any atom is -0.455 e. The highest BCUT2D eigenvalue weighted by molar-refractivity contribution is 6.12. The number of hydrogen-bond acceptors (Lipinski definition) is 5. The fourth-order valence-electron chi connectivity index (χ4n) is 5.34. The molecule has 0 aliphatic heterocycles. The maximum Gasteiger partial charge on any atom is 0.291 e. The molecule has 3 heterocycles. The average Bonchev–Trinajstić information content (AvgIpc) is 3.46. The molecule has 0 bridgehead atoms. The van der Waals surface area contributed by atoms with Crippen LogP contribution < -0.4 is 10.7 Å². The highest BCUT2D eigenvalue weighted by Crippen LogP contribution is 2.33. The third-order valence-electron chi connectivity index (χ3n) is 7.11. The number of nitrogens with one attached hydrogen (secondary N) is 2. The van der Waals surface area contributed by atoms with Crippen LogP contribution in [0.1, 0.15) is 57.6 Å². The number of hydrogen-bond donors (Lipinski definition) is 2. The Kier molecular flexibility index (Phi) is 5.99. The summed E-state index contributed by atoms with van der Waals surface area (Å²) < 4.78 is 8.33. The molecule has 8 heteroatoms. The van der Waals surface area contributed by atoms with Crippen molar-refractivity contribution in [3.8, 4) is 0 Å². The van der Waals surface area contributed by atoms with Crippen LogP contribution in [-0.4, -0.2) is 27.1 Å². The van der Waals surface area contributed by atoms with Crippen LogP contribution in [0, 0.1) is 6.92 Å². The first-order valence-corrected chi connectivity index (χ1v) is 12.8. The van der Waals surface area contributed by atoms with Crippen LogP contribution in [0.25, 0.3) is 21.8 Å². The van der Waals surface area contributed by atoms with Crippen molar-refractivity contribution in [3.63, 3.8) is 0 Å². The van der Waals surface area contributed by atoms with Gasteiger partial charge in [0.2, 0.25) is 0 Å². The highest BCUT2D eigenvalue weighted by Gasteiger charge is 2.28. The van der Waals surface area contributed by atoms with Crippen LogP contribution in [0.5, 0.6) is 0 Å². The fraction of sp³-hybridized carbons (Fsp3) is 0.200. The molecule has 0 radical (unpaired) electrons. The largest absolute Gasteiger partial charge is 0.455 e. The van der Waals surface area contributed by atoms with Crippen LogP contribution in [0.2, 0.25) is 0 Å². The van der Waals surface area contributed by atoms with Gasteiger partial charge in [0.25, 0.3) is 11.8 Å². The number of hydrazone groups is 1. The Bertz CT molecular complexity index is 1730. The lowest BCUT2D eigenvalue weighted by atomic mass is 9.93. The Hall–Kier alpha value is -4.72. The summed E-state index contributed by atoms with van der Waals surface area (Å²) in [6.45, 7) is 4.85. The number of benzene rings is 2. The lowest BCUT2D eigenvalue weighted by Gasteiger charge is -2.13. The molecule has 0 atom stereocenters. The molecule has 1 aliphatic carbocycles. The molecule has 8 nitrogen and oxygen atoms in total. The summed E-state index contributed by atoms with van der Waals surface area (Å²) in [5.41, 5.74) is 8.35. The number of para-hydroxylation sites is 1. The van der Waals surface area contributed by atoms with Gasteiger partial charge in [-0.3, -0.25) is 14.6 Å². The number of nitrogens with zero attached hydrogens (tertiary/aromatic N) is 3. The van der Waals surface area contributed by atoms with Crippen LogP contribution >= 0.6 is 0 Å². The molecule has 0 unspecified atom stereocenters. The first-order chi connectivity index (χ1) is 18.5. The number of anilines is 1. The molecule has 1 aliphatic rings. The zero-order chi connectivity index (χ0) is 26.2. The quantitative estimate of drug-likeness (QED) is 0.293. The van der Waals surface area contributed by atoms with Crippen molar-refractivity contribution in [2.75, 3.05) is 5.32 Å². The number of carbonyl (C=O) groups excluding carboxylic acids is 2. The van der Waals surface area contributed by atoms with Gasteiger partial charge in [0.15, 0.2) is 5.76 Å². The van der Waals surface area contributed by atoms with E-state index < -0.39 is 0 Å². The van der Waals surface area contributed by atoms with E-state index in [-0.39, 0.29) is 17.6 Å². The van der Waals surface area contributed by atoms with E-state index in [0.717, 1.165) is 46.1 Å². The lowest BCUT2D eigenvalue weighted by Crippen LogP contribution is -2.22. The van der Waals surface area contributed by atoms with E-state index in [2.05, 4.69) is 44.5 Å². The van der Waals surface area contributed by atoms with E-state index in [4.69, 9.17) is 4.42 Å². The van der Waals surface area contributed by atoms with Crippen molar-refractivity contribution in [3.05, 3.63) is 95.2 Å². The number of aryl methyl sites for hydroxylation is 2. The highest BCUT2D eigenvalue weighted by atomic mass is 16.4.